The van der Waals surface area contributed by atoms with Crippen LogP contribution < -0.4 is 9.80 Å². The highest BCUT2D eigenvalue weighted by Gasteiger charge is 2.23. The van der Waals surface area contributed by atoms with Gasteiger partial charge in [0.05, 0.1) is 0 Å². The number of carbonyl (C=O) groups is 1. The third-order valence-electron chi connectivity index (χ3n) is 5.34. The van der Waals surface area contributed by atoms with Crippen LogP contribution in [-0.2, 0) is 4.79 Å². The Morgan fingerprint density at radius 1 is 0.962 bits per heavy atom. The van der Waals surface area contributed by atoms with Gasteiger partial charge in [-0.05, 0) is 20.4 Å². The van der Waals surface area contributed by atoms with Crippen molar-refractivity contribution in [3.8, 4) is 0 Å². The monoisotopic (exact) mass is 360 g/mol. The summed E-state index contributed by atoms with van der Waals surface area (Å²) >= 11 is 0. The molecule has 2 aliphatic rings. The van der Waals surface area contributed by atoms with E-state index in [0.29, 0.717) is 12.3 Å². The van der Waals surface area contributed by atoms with Gasteiger partial charge in [0.1, 0.15) is 17.5 Å². The predicted molar refractivity (Wildman–Crippen MR) is 105 cm³/mol. The Morgan fingerprint density at radius 2 is 1.50 bits per heavy atom. The molecule has 1 aromatic rings. The molecule has 0 radical (unpaired) electrons. The summed E-state index contributed by atoms with van der Waals surface area (Å²) in [5.41, 5.74) is 0. The summed E-state index contributed by atoms with van der Waals surface area (Å²) < 4.78 is 0. The van der Waals surface area contributed by atoms with Gasteiger partial charge in [0.15, 0.2) is 0 Å². The maximum Gasteiger partial charge on any atom is 0.222 e. The summed E-state index contributed by atoms with van der Waals surface area (Å²) in [5.74, 6) is 3.13. The molecule has 1 amide bonds. The van der Waals surface area contributed by atoms with Crippen molar-refractivity contribution in [2.24, 2.45) is 0 Å². The first kappa shape index (κ1) is 18.9. The van der Waals surface area contributed by atoms with Crippen molar-refractivity contribution in [1.29, 1.82) is 0 Å². The van der Waals surface area contributed by atoms with Gasteiger partial charge in [-0.3, -0.25) is 4.79 Å². The first-order chi connectivity index (χ1) is 12.6. The number of aromatic nitrogens is 2. The number of hydrogen-bond acceptors (Lipinski definition) is 6. The molecule has 0 N–H and O–H groups in total. The van der Waals surface area contributed by atoms with Crippen LogP contribution in [0.15, 0.2) is 6.07 Å². The van der Waals surface area contributed by atoms with E-state index < -0.39 is 0 Å². The number of rotatable bonds is 5. The van der Waals surface area contributed by atoms with Gasteiger partial charge in [0, 0.05) is 64.8 Å². The minimum absolute atomic E-state index is 0.295. The highest BCUT2D eigenvalue weighted by molar-refractivity contribution is 5.76. The number of amides is 1. The molecule has 0 spiro atoms. The van der Waals surface area contributed by atoms with Crippen molar-refractivity contribution >= 4 is 17.5 Å². The summed E-state index contributed by atoms with van der Waals surface area (Å²) in [7, 11) is 2.16. The molecule has 0 unspecified atom stereocenters. The minimum Gasteiger partial charge on any atom is -0.354 e. The third-order valence-corrected chi connectivity index (χ3v) is 5.34. The van der Waals surface area contributed by atoms with Crippen molar-refractivity contribution in [3.63, 3.8) is 0 Å². The van der Waals surface area contributed by atoms with Crippen LogP contribution in [0.2, 0.25) is 0 Å². The van der Waals surface area contributed by atoms with Gasteiger partial charge in [-0.25, -0.2) is 9.97 Å². The second kappa shape index (κ2) is 8.66. The normalized spacial score (nSPS) is 19.1. The topological polar surface area (TPSA) is 55.8 Å². The first-order valence-electron chi connectivity index (χ1n) is 9.88. The summed E-state index contributed by atoms with van der Waals surface area (Å²) in [5, 5.41) is 0. The van der Waals surface area contributed by atoms with Gasteiger partial charge < -0.3 is 19.6 Å². The van der Waals surface area contributed by atoms with Crippen molar-refractivity contribution in [1.82, 2.24) is 19.8 Å². The van der Waals surface area contributed by atoms with E-state index in [-0.39, 0.29) is 0 Å². The molecule has 0 aromatic carbocycles. The maximum absolute atomic E-state index is 12.2. The lowest BCUT2D eigenvalue weighted by atomic mass is 10.2. The number of nitrogens with zero attached hydrogens (tertiary/aromatic N) is 6. The second-order valence-corrected chi connectivity index (χ2v) is 7.39. The van der Waals surface area contributed by atoms with Crippen LogP contribution in [0, 0.1) is 6.92 Å². The van der Waals surface area contributed by atoms with Crippen molar-refractivity contribution in [2.45, 2.75) is 33.1 Å². The van der Waals surface area contributed by atoms with E-state index in [1.165, 1.54) is 0 Å². The molecule has 144 valence electrons. The Balaban J connectivity index is 1.62. The van der Waals surface area contributed by atoms with Gasteiger partial charge in [-0.2, -0.15) is 0 Å². The van der Waals surface area contributed by atoms with Gasteiger partial charge in [-0.15, -0.1) is 0 Å². The van der Waals surface area contributed by atoms with Gasteiger partial charge in [0.2, 0.25) is 5.91 Å². The Morgan fingerprint density at radius 3 is 2.04 bits per heavy atom. The lowest BCUT2D eigenvalue weighted by Gasteiger charge is -2.37. The average molecular weight is 361 g/mol. The number of unbranched alkanes of at least 4 members (excludes halogenated alkanes) is 1. The molecule has 0 bridgehead atoms. The van der Waals surface area contributed by atoms with Crippen LogP contribution in [0.25, 0.3) is 0 Å². The number of carbonyl (C=O) groups excluding carboxylic acids is 1. The lowest BCUT2D eigenvalue weighted by molar-refractivity contribution is -0.131. The molecule has 7 nitrogen and oxygen atoms in total. The zero-order valence-electron chi connectivity index (χ0n) is 16.4. The average Bonchev–Trinajstić information content (AvgIpc) is 2.66. The minimum atomic E-state index is 0.295. The molecule has 2 saturated heterocycles. The largest absolute Gasteiger partial charge is 0.354 e. The summed E-state index contributed by atoms with van der Waals surface area (Å²) in [6, 6.07) is 2.12. The third kappa shape index (κ3) is 4.63. The summed E-state index contributed by atoms with van der Waals surface area (Å²) in [6.45, 7) is 11.5. The van der Waals surface area contributed by atoms with Crippen molar-refractivity contribution in [3.05, 3.63) is 11.9 Å². The zero-order valence-corrected chi connectivity index (χ0v) is 16.4. The number of piperazine rings is 2. The molecule has 3 heterocycles. The van der Waals surface area contributed by atoms with E-state index in [2.05, 4.69) is 44.7 Å². The smallest absolute Gasteiger partial charge is 0.222 e. The second-order valence-electron chi connectivity index (χ2n) is 7.39. The fraction of sp³-hybridized carbons (Fsp3) is 0.737. The van der Waals surface area contributed by atoms with E-state index in [4.69, 9.17) is 0 Å². The standard InChI is InChI=1S/C19H32N6O/c1-4-5-6-19(26)25-13-11-24(12-14-25)18-15-17(20-16(2)21-18)23-9-7-22(3)8-10-23/h15H,4-14H2,1-3H3. The Hall–Kier alpha value is -1.89. The predicted octanol–water partition coefficient (Wildman–Crippen LogP) is 1.38. The van der Waals surface area contributed by atoms with E-state index in [9.17, 15) is 4.79 Å². The molecular weight excluding hydrogens is 328 g/mol. The van der Waals surface area contributed by atoms with Crippen LogP contribution >= 0.6 is 0 Å². The molecule has 7 heteroatoms. The van der Waals surface area contributed by atoms with Crippen molar-refractivity contribution in [2.75, 3.05) is 69.2 Å². The first-order valence-corrected chi connectivity index (χ1v) is 9.88. The molecule has 0 saturated carbocycles. The Bertz CT molecular complexity index is 606. The van der Waals surface area contributed by atoms with Gasteiger partial charge in [0.25, 0.3) is 0 Å². The molecule has 1 aromatic heterocycles. The zero-order chi connectivity index (χ0) is 18.5. The van der Waals surface area contributed by atoms with Crippen LogP contribution in [-0.4, -0.2) is 85.1 Å². The van der Waals surface area contributed by atoms with Crippen molar-refractivity contribution < 1.29 is 4.79 Å². The van der Waals surface area contributed by atoms with Crippen LogP contribution in [0.5, 0.6) is 0 Å². The van der Waals surface area contributed by atoms with Crippen LogP contribution in [0.4, 0.5) is 11.6 Å². The number of aryl methyl sites for hydroxylation is 1. The Kier molecular flexibility index (Phi) is 6.29. The number of anilines is 2. The Labute approximate surface area is 157 Å². The summed E-state index contributed by atoms with van der Waals surface area (Å²) in [4.78, 5) is 30.5. The van der Waals surface area contributed by atoms with E-state index in [1.807, 2.05) is 11.8 Å². The highest BCUT2D eigenvalue weighted by atomic mass is 16.2. The fourth-order valence-electron chi connectivity index (χ4n) is 3.57. The van der Waals surface area contributed by atoms with Crippen LogP contribution in [0.1, 0.15) is 32.0 Å². The SMILES string of the molecule is CCCCC(=O)N1CCN(c2cc(N3CCN(C)CC3)nc(C)n2)CC1. The molecule has 0 atom stereocenters. The van der Waals surface area contributed by atoms with Crippen LogP contribution in [0.3, 0.4) is 0 Å². The molecule has 2 fully saturated rings. The number of likely N-dealkylation sites (N-methyl/N-ethyl adjacent to an activating group) is 1. The number of hydrogen-bond donors (Lipinski definition) is 0. The lowest BCUT2D eigenvalue weighted by Crippen LogP contribution is -2.49. The van der Waals surface area contributed by atoms with E-state index in [1.54, 1.807) is 0 Å². The van der Waals surface area contributed by atoms with Gasteiger partial charge >= 0.3 is 0 Å². The van der Waals surface area contributed by atoms with E-state index >= 15 is 0 Å². The molecule has 0 aliphatic carbocycles. The molecule has 3 rings (SSSR count). The highest BCUT2D eigenvalue weighted by Crippen LogP contribution is 2.21. The maximum atomic E-state index is 12.2. The van der Waals surface area contributed by atoms with E-state index in [0.717, 1.165) is 82.7 Å². The molecule has 26 heavy (non-hydrogen) atoms. The fourth-order valence-corrected chi connectivity index (χ4v) is 3.57. The summed E-state index contributed by atoms with van der Waals surface area (Å²) in [6.07, 6.45) is 2.73. The van der Waals surface area contributed by atoms with Gasteiger partial charge in [-0.1, -0.05) is 13.3 Å². The molecule has 2 aliphatic heterocycles. The molecular formula is C19H32N6O. The quantitative estimate of drug-likeness (QED) is 0.791.